The summed E-state index contributed by atoms with van der Waals surface area (Å²) in [5, 5.41) is 0. The van der Waals surface area contributed by atoms with Crippen LogP contribution in [0.5, 0.6) is 0 Å². The molecule has 0 spiro atoms. The summed E-state index contributed by atoms with van der Waals surface area (Å²) >= 11 is 1.07. The molecule has 10 heteroatoms. The van der Waals surface area contributed by atoms with Gasteiger partial charge in [0.1, 0.15) is 0 Å². The fourth-order valence-electron chi connectivity index (χ4n) is 1.44. The molecule has 0 amide bonds. The third kappa shape index (κ3) is 4.22. The van der Waals surface area contributed by atoms with Gasteiger partial charge in [-0.3, -0.25) is 0 Å². The molecule has 0 aliphatic heterocycles. The number of thiazole rings is 1. The van der Waals surface area contributed by atoms with Gasteiger partial charge in [0.2, 0.25) is 14.4 Å². The smallest absolute Gasteiger partial charge is 0.229 e. The van der Waals surface area contributed by atoms with Crippen molar-refractivity contribution >= 4 is 31.4 Å². The fraction of sp³-hybridized carbons (Fsp3) is 0.700. The van der Waals surface area contributed by atoms with E-state index in [9.17, 15) is 16.8 Å². The molecular weight excluding hydrogens is 322 g/mol. The molecule has 1 heterocycles. The Balaban J connectivity index is 1.92. The first-order chi connectivity index (χ1) is 9.20. The first-order valence-electron chi connectivity index (χ1n) is 6.13. The topological polar surface area (TPSA) is 105 Å². The molecule has 1 fully saturated rings. The second-order valence-corrected chi connectivity index (χ2v) is 9.75. The predicted octanol–water partition coefficient (Wildman–Crippen LogP) is 0.120. The molecular formula is C10H17N3O4S3. The minimum absolute atomic E-state index is 0.0277. The average molecular weight is 339 g/mol. The van der Waals surface area contributed by atoms with Gasteiger partial charge in [0.25, 0.3) is 10.0 Å². The Bertz CT molecular complexity index is 670. The number of aryl methyl sites for hydroxylation is 2. The summed E-state index contributed by atoms with van der Waals surface area (Å²) in [7, 11) is -7.15. The van der Waals surface area contributed by atoms with Gasteiger partial charge >= 0.3 is 0 Å². The van der Waals surface area contributed by atoms with Crippen LogP contribution in [0.25, 0.3) is 0 Å². The first kappa shape index (κ1) is 15.8. The van der Waals surface area contributed by atoms with Crippen molar-refractivity contribution in [2.75, 3.05) is 12.3 Å². The zero-order chi connectivity index (χ0) is 15.0. The van der Waals surface area contributed by atoms with Gasteiger partial charge in [0.05, 0.1) is 11.4 Å². The van der Waals surface area contributed by atoms with Gasteiger partial charge in [-0.05, 0) is 26.7 Å². The van der Waals surface area contributed by atoms with Gasteiger partial charge in [-0.1, -0.05) is 0 Å². The Labute approximate surface area is 122 Å². The van der Waals surface area contributed by atoms with Crippen molar-refractivity contribution in [3.8, 4) is 0 Å². The molecule has 7 nitrogen and oxygen atoms in total. The van der Waals surface area contributed by atoms with Crippen LogP contribution in [0.15, 0.2) is 4.34 Å². The van der Waals surface area contributed by atoms with Crippen LogP contribution in [-0.4, -0.2) is 40.2 Å². The standard InChI is InChI=1S/C10H17N3O4S3/c1-7-8(2)18-10(12-7)20(16,17)11-5-6-19(14,15)13-9-3-4-9/h9,11,13H,3-6H2,1-2H3. The maximum Gasteiger partial charge on any atom is 0.267 e. The van der Waals surface area contributed by atoms with Crippen LogP contribution < -0.4 is 9.44 Å². The lowest BCUT2D eigenvalue weighted by Crippen LogP contribution is -2.35. The molecule has 0 unspecified atom stereocenters. The van der Waals surface area contributed by atoms with Crippen LogP contribution in [0.1, 0.15) is 23.4 Å². The van der Waals surface area contributed by atoms with Crippen molar-refractivity contribution in [3.05, 3.63) is 10.6 Å². The second-order valence-electron chi connectivity index (χ2n) is 4.73. The minimum Gasteiger partial charge on any atom is -0.229 e. The molecule has 1 aromatic heterocycles. The number of nitrogens with one attached hydrogen (secondary N) is 2. The van der Waals surface area contributed by atoms with E-state index in [0.29, 0.717) is 5.69 Å². The highest BCUT2D eigenvalue weighted by Crippen LogP contribution is 2.21. The molecule has 1 aliphatic carbocycles. The summed E-state index contributed by atoms with van der Waals surface area (Å²) in [5.74, 6) is -0.272. The van der Waals surface area contributed by atoms with Crippen LogP contribution in [0.4, 0.5) is 0 Å². The van der Waals surface area contributed by atoms with Gasteiger partial charge in [0, 0.05) is 17.5 Å². The van der Waals surface area contributed by atoms with E-state index in [4.69, 9.17) is 0 Å². The summed E-state index contributed by atoms with van der Waals surface area (Å²) in [6.07, 6.45) is 1.70. The van der Waals surface area contributed by atoms with Crippen LogP contribution in [0.2, 0.25) is 0 Å². The molecule has 0 saturated heterocycles. The summed E-state index contributed by atoms with van der Waals surface area (Å²) in [6.45, 7) is 3.35. The molecule has 114 valence electrons. The predicted molar refractivity (Wildman–Crippen MR) is 76.7 cm³/mol. The number of hydrogen-bond acceptors (Lipinski definition) is 6. The van der Waals surface area contributed by atoms with E-state index in [1.54, 1.807) is 13.8 Å². The Hall–Kier alpha value is -0.550. The SMILES string of the molecule is Cc1nc(S(=O)(=O)NCCS(=O)(=O)NC2CC2)sc1C. The van der Waals surface area contributed by atoms with Crippen LogP contribution >= 0.6 is 11.3 Å². The Kier molecular flexibility index (Phi) is 4.50. The Morgan fingerprint density at radius 3 is 2.40 bits per heavy atom. The molecule has 0 aromatic carbocycles. The number of hydrogen-bond donors (Lipinski definition) is 2. The summed E-state index contributed by atoms with van der Waals surface area (Å²) in [4.78, 5) is 4.79. The van der Waals surface area contributed by atoms with Crippen molar-refractivity contribution in [2.24, 2.45) is 0 Å². The zero-order valence-electron chi connectivity index (χ0n) is 11.2. The minimum atomic E-state index is -3.73. The van der Waals surface area contributed by atoms with Crippen molar-refractivity contribution in [1.29, 1.82) is 0 Å². The number of rotatable bonds is 7. The molecule has 2 N–H and O–H groups in total. The van der Waals surface area contributed by atoms with Crippen molar-refractivity contribution in [2.45, 2.75) is 37.1 Å². The zero-order valence-corrected chi connectivity index (χ0v) is 13.7. The quantitative estimate of drug-likeness (QED) is 0.734. The van der Waals surface area contributed by atoms with Gasteiger partial charge in [-0.15, -0.1) is 11.3 Å². The normalized spacial score (nSPS) is 16.5. The maximum atomic E-state index is 11.9. The molecule has 2 rings (SSSR count). The van der Waals surface area contributed by atoms with Crippen molar-refractivity contribution in [3.63, 3.8) is 0 Å². The van der Waals surface area contributed by atoms with E-state index in [0.717, 1.165) is 29.1 Å². The molecule has 1 aliphatic rings. The molecule has 0 radical (unpaired) electrons. The highest BCUT2D eigenvalue weighted by molar-refractivity contribution is 7.91. The number of nitrogens with zero attached hydrogens (tertiary/aromatic N) is 1. The lowest BCUT2D eigenvalue weighted by atomic mass is 10.4. The van der Waals surface area contributed by atoms with Crippen LogP contribution in [-0.2, 0) is 20.0 Å². The van der Waals surface area contributed by atoms with E-state index in [2.05, 4.69) is 14.4 Å². The average Bonchev–Trinajstić information content (AvgIpc) is 3.03. The van der Waals surface area contributed by atoms with E-state index < -0.39 is 20.0 Å². The van der Waals surface area contributed by atoms with Crippen LogP contribution in [0, 0.1) is 13.8 Å². The van der Waals surface area contributed by atoms with E-state index in [1.807, 2.05) is 0 Å². The third-order valence-electron chi connectivity index (χ3n) is 2.83. The first-order valence-corrected chi connectivity index (χ1v) is 10.1. The molecule has 1 saturated carbocycles. The van der Waals surface area contributed by atoms with E-state index in [-0.39, 0.29) is 22.7 Å². The van der Waals surface area contributed by atoms with Gasteiger partial charge in [-0.25, -0.2) is 31.3 Å². The summed E-state index contributed by atoms with van der Waals surface area (Å²) < 4.78 is 51.8. The lowest BCUT2D eigenvalue weighted by Gasteiger charge is -2.06. The lowest BCUT2D eigenvalue weighted by molar-refractivity contribution is 0.574. The number of aromatic nitrogens is 1. The van der Waals surface area contributed by atoms with Gasteiger partial charge in [0.15, 0.2) is 0 Å². The van der Waals surface area contributed by atoms with Crippen molar-refractivity contribution in [1.82, 2.24) is 14.4 Å². The summed E-state index contributed by atoms with van der Waals surface area (Å²) in [5.41, 5.74) is 0.665. The van der Waals surface area contributed by atoms with E-state index in [1.165, 1.54) is 0 Å². The Morgan fingerprint density at radius 2 is 1.90 bits per heavy atom. The second kappa shape index (κ2) is 5.68. The Morgan fingerprint density at radius 1 is 1.25 bits per heavy atom. The largest absolute Gasteiger partial charge is 0.267 e. The molecule has 1 aromatic rings. The maximum absolute atomic E-state index is 11.9. The monoisotopic (exact) mass is 339 g/mol. The third-order valence-corrected chi connectivity index (χ3v) is 7.17. The fourth-order valence-corrected chi connectivity index (χ4v) is 5.19. The van der Waals surface area contributed by atoms with Crippen molar-refractivity contribution < 1.29 is 16.8 Å². The van der Waals surface area contributed by atoms with E-state index >= 15 is 0 Å². The molecule has 0 atom stereocenters. The van der Waals surface area contributed by atoms with Gasteiger partial charge < -0.3 is 0 Å². The highest BCUT2D eigenvalue weighted by atomic mass is 32.2. The summed E-state index contributed by atoms with van der Waals surface area (Å²) in [6, 6.07) is 0.0286. The molecule has 0 bridgehead atoms. The highest BCUT2D eigenvalue weighted by Gasteiger charge is 2.27. The number of sulfonamides is 2. The molecule has 20 heavy (non-hydrogen) atoms. The van der Waals surface area contributed by atoms with Gasteiger partial charge in [-0.2, -0.15) is 0 Å². The van der Waals surface area contributed by atoms with Crippen LogP contribution in [0.3, 0.4) is 0 Å².